The van der Waals surface area contributed by atoms with Crippen LogP contribution in [0.25, 0.3) is 0 Å². The molecule has 0 aliphatic carbocycles. The average molecular weight is 305 g/mol. The van der Waals surface area contributed by atoms with Crippen LogP contribution in [0.3, 0.4) is 0 Å². The molecule has 3 heterocycles. The average Bonchev–Trinajstić information content (AvgIpc) is 2.80. The number of rotatable bonds is 3. The Morgan fingerprint density at radius 2 is 1.95 bits per heavy atom. The summed E-state index contributed by atoms with van der Waals surface area (Å²) in [6.45, 7) is 5.84. The van der Waals surface area contributed by atoms with E-state index in [4.69, 9.17) is 4.74 Å². The highest BCUT2D eigenvalue weighted by Gasteiger charge is 2.19. The summed E-state index contributed by atoms with van der Waals surface area (Å²) in [7, 11) is 1.63. The highest BCUT2D eigenvalue weighted by atomic mass is 32.1. The molecule has 112 valence electrons. The second kappa shape index (κ2) is 6.26. The van der Waals surface area contributed by atoms with Crippen LogP contribution in [0.1, 0.15) is 12.1 Å². The van der Waals surface area contributed by atoms with E-state index in [0.29, 0.717) is 5.88 Å². The van der Waals surface area contributed by atoms with Gasteiger partial charge in [0.1, 0.15) is 0 Å². The van der Waals surface area contributed by atoms with Crippen molar-refractivity contribution >= 4 is 22.4 Å². The molecule has 0 radical (unpaired) electrons. The van der Waals surface area contributed by atoms with Gasteiger partial charge >= 0.3 is 0 Å². The lowest BCUT2D eigenvalue weighted by Crippen LogP contribution is -2.31. The molecule has 0 saturated carbocycles. The van der Waals surface area contributed by atoms with E-state index in [9.17, 15) is 0 Å². The summed E-state index contributed by atoms with van der Waals surface area (Å²) in [5.41, 5.74) is 1.09. The fourth-order valence-electron chi connectivity index (χ4n) is 2.39. The van der Waals surface area contributed by atoms with Crippen molar-refractivity contribution in [3.05, 3.63) is 23.3 Å². The van der Waals surface area contributed by atoms with Gasteiger partial charge in [0.05, 0.1) is 12.8 Å². The third-order valence-electron chi connectivity index (χ3n) is 3.48. The van der Waals surface area contributed by atoms with E-state index in [0.717, 1.165) is 49.4 Å². The number of methoxy groups -OCH3 is 1. The fourth-order valence-corrected chi connectivity index (χ4v) is 3.25. The van der Waals surface area contributed by atoms with Gasteiger partial charge in [-0.2, -0.15) is 4.98 Å². The highest BCUT2D eigenvalue weighted by Crippen LogP contribution is 2.22. The maximum Gasteiger partial charge on any atom is 0.228 e. The molecular weight excluding hydrogens is 286 g/mol. The van der Waals surface area contributed by atoms with Crippen LogP contribution in [0.2, 0.25) is 0 Å². The van der Waals surface area contributed by atoms with Gasteiger partial charge in [0.15, 0.2) is 5.13 Å². The molecule has 3 rings (SSSR count). The summed E-state index contributed by atoms with van der Waals surface area (Å²) >= 11 is 1.71. The molecule has 1 saturated heterocycles. The summed E-state index contributed by atoms with van der Waals surface area (Å²) in [5, 5.41) is 3.21. The van der Waals surface area contributed by atoms with Crippen molar-refractivity contribution < 1.29 is 4.74 Å². The predicted molar refractivity (Wildman–Crippen MR) is 84.5 cm³/mol. The van der Waals surface area contributed by atoms with Gasteiger partial charge in [-0.3, -0.25) is 0 Å². The molecule has 0 atom stereocenters. The van der Waals surface area contributed by atoms with E-state index < -0.39 is 0 Å². The van der Waals surface area contributed by atoms with Gasteiger partial charge in [-0.05, 0) is 13.3 Å². The van der Waals surface area contributed by atoms with Crippen molar-refractivity contribution in [3.63, 3.8) is 0 Å². The number of aryl methyl sites for hydroxylation is 1. The molecule has 0 amide bonds. The van der Waals surface area contributed by atoms with Gasteiger partial charge in [0.25, 0.3) is 0 Å². The molecule has 1 aliphatic heterocycles. The maximum absolute atomic E-state index is 5.17. The molecule has 1 fully saturated rings. The summed E-state index contributed by atoms with van der Waals surface area (Å²) in [4.78, 5) is 17.9. The number of anilines is 2. The Bertz CT molecular complexity index is 603. The van der Waals surface area contributed by atoms with Crippen LogP contribution in [-0.2, 0) is 0 Å². The van der Waals surface area contributed by atoms with Crippen molar-refractivity contribution in [2.75, 3.05) is 43.1 Å². The first-order chi connectivity index (χ1) is 10.3. The molecule has 0 bridgehead atoms. The quantitative estimate of drug-likeness (QED) is 0.864. The predicted octanol–water partition coefficient (Wildman–Crippen LogP) is 1.97. The molecule has 0 unspecified atom stereocenters. The smallest absolute Gasteiger partial charge is 0.228 e. The Morgan fingerprint density at radius 3 is 2.71 bits per heavy atom. The molecular formula is C14H19N5OS. The van der Waals surface area contributed by atoms with Gasteiger partial charge in [-0.15, -0.1) is 11.3 Å². The molecule has 2 aromatic rings. The largest absolute Gasteiger partial charge is 0.481 e. The SMILES string of the molecule is COc1ccnc(N2CCCN(c3nc(C)cs3)CC2)n1. The highest BCUT2D eigenvalue weighted by molar-refractivity contribution is 7.13. The van der Waals surface area contributed by atoms with Crippen LogP contribution in [0.15, 0.2) is 17.6 Å². The Balaban J connectivity index is 1.70. The van der Waals surface area contributed by atoms with Gasteiger partial charge in [-0.1, -0.05) is 0 Å². The molecule has 6 nitrogen and oxygen atoms in total. The van der Waals surface area contributed by atoms with Crippen molar-refractivity contribution in [1.29, 1.82) is 0 Å². The second-order valence-electron chi connectivity index (χ2n) is 5.00. The van der Waals surface area contributed by atoms with E-state index in [-0.39, 0.29) is 0 Å². The second-order valence-corrected chi connectivity index (χ2v) is 5.83. The minimum Gasteiger partial charge on any atom is -0.481 e. The van der Waals surface area contributed by atoms with Crippen molar-refractivity contribution in [1.82, 2.24) is 15.0 Å². The Morgan fingerprint density at radius 1 is 1.14 bits per heavy atom. The summed E-state index contributed by atoms with van der Waals surface area (Å²) in [6, 6.07) is 1.77. The topological polar surface area (TPSA) is 54.4 Å². The summed E-state index contributed by atoms with van der Waals surface area (Å²) < 4.78 is 5.17. The fraction of sp³-hybridized carbons (Fsp3) is 0.500. The van der Waals surface area contributed by atoms with E-state index in [1.54, 1.807) is 30.7 Å². The number of nitrogens with zero attached hydrogens (tertiary/aromatic N) is 5. The standard InChI is InChI=1S/C14H19N5OS/c1-11-10-21-14(16-11)19-7-3-6-18(8-9-19)13-15-5-4-12(17-13)20-2/h4-5,10H,3,6-9H2,1-2H3. The van der Waals surface area contributed by atoms with Crippen LogP contribution in [0.4, 0.5) is 11.1 Å². The zero-order chi connectivity index (χ0) is 14.7. The van der Waals surface area contributed by atoms with E-state index in [1.807, 2.05) is 6.92 Å². The van der Waals surface area contributed by atoms with Crippen molar-refractivity contribution in [2.24, 2.45) is 0 Å². The summed E-state index contributed by atoms with van der Waals surface area (Å²) in [6.07, 6.45) is 2.81. The number of hydrogen-bond acceptors (Lipinski definition) is 7. The third kappa shape index (κ3) is 3.24. The molecule has 7 heteroatoms. The van der Waals surface area contributed by atoms with Gasteiger partial charge in [0, 0.05) is 43.8 Å². The van der Waals surface area contributed by atoms with Gasteiger partial charge in [0.2, 0.25) is 11.8 Å². The van der Waals surface area contributed by atoms with Gasteiger partial charge < -0.3 is 14.5 Å². The Hall–Kier alpha value is -1.89. The molecule has 1 aliphatic rings. The first kappa shape index (κ1) is 14.1. The van der Waals surface area contributed by atoms with Crippen LogP contribution in [0.5, 0.6) is 5.88 Å². The molecule has 2 aromatic heterocycles. The number of aromatic nitrogens is 3. The zero-order valence-corrected chi connectivity index (χ0v) is 13.1. The Labute approximate surface area is 128 Å². The lowest BCUT2D eigenvalue weighted by Gasteiger charge is -2.21. The first-order valence-electron chi connectivity index (χ1n) is 7.05. The number of ether oxygens (including phenoxy) is 1. The van der Waals surface area contributed by atoms with Crippen LogP contribution >= 0.6 is 11.3 Å². The van der Waals surface area contributed by atoms with Crippen LogP contribution < -0.4 is 14.5 Å². The molecule has 0 N–H and O–H groups in total. The molecule has 0 spiro atoms. The third-order valence-corrected chi connectivity index (χ3v) is 4.50. The molecule has 21 heavy (non-hydrogen) atoms. The van der Waals surface area contributed by atoms with Crippen LogP contribution in [0, 0.1) is 6.92 Å². The van der Waals surface area contributed by atoms with Crippen molar-refractivity contribution in [2.45, 2.75) is 13.3 Å². The monoisotopic (exact) mass is 305 g/mol. The normalized spacial score (nSPS) is 15.9. The number of hydrogen-bond donors (Lipinski definition) is 0. The van der Waals surface area contributed by atoms with E-state index in [2.05, 4.69) is 30.1 Å². The zero-order valence-electron chi connectivity index (χ0n) is 12.3. The first-order valence-corrected chi connectivity index (χ1v) is 7.93. The van der Waals surface area contributed by atoms with E-state index >= 15 is 0 Å². The summed E-state index contributed by atoms with van der Waals surface area (Å²) in [5.74, 6) is 1.35. The molecule has 0 aromatic carbocycles. The minimum absolute atomic E-state index is 0.608. The maximum atomic E-state index is 5.17. The lowest BCUT2D eigenvalue weighted by atomic mass is 10.4. The lowest BCUT2D eigenvalue weighted by molar-refractivity contribution is 0.396. The Kier molecular flexibility index (Phi) is 4.19. The number of thiazole rings is 1. The van der Waals surface area contributed by atoms with E-state index in [1.165, 1.54) is 0 Å². The van der Waals surface area contributed by atoms with Crippen molar-refractivity contribution in [3.8, 4) is 5.88 Å². The minimum atomic E-state index is 0.608. The van der Waals surface area contributed by atoms with Crippen LogP contribution in [-0.4, -0.2) is 48.2 Å². The van der Waals surface area contributed by atoms with Gasteiger partial charge in [-0.25, -0.2) is 9.97 Å².